The van der Waals surface area contributed by atoms with Crippen LogP contribution in [0.3, 0.4) is 0 Å². The van der Waals surface area contributed by atoms with Crippen LogP contribution in [0.15, 0.2) is 42.6 Å². The fraction of sp³-hybridized carbons (Fsp3) is 0.389. The molecule has 0 atom stereocenters. The molecule has 0 saturated carbocycles. The first-order chi connectivity index (χ1) is 13.1. The smallest absolute Gasteiger partial charge is 0.355 e. The highest BCUT2D eigenvalue weighted by Gasteiger charge is 2.31. The molecule has 10 heteroatoms. The van der Waals surface area contributed by atoms with Crippen LogP contribution < -0.4 is 4.90 Å². The van der Waals surface area contributed by atoms with Crippen LogP contribution in [-0.2, 0) is 22.0 Å². The van der Waals surface area contributed by atoms with Crippen molar-refractivity contribution in [3.8, 4) is 0 Å². The molecule has 1 saturated heterocycles. The molecule has 0 N–H and O–H groups in total. The van der Waals surface area contributed by atoms with Crippen molar-refractivity contribution in [1.82, 2.24) is 9.29 Å². The van der Waals surface area contributed by atoms with Crippen LogP contribution in [0.1, 0.15) is 17.5 Å². The van der Waals surface area contributed by atoms with Gasteiger partial charge in [-0.1, -0.05) is 12.1 Å². The number of aromatic nitrogens is 1. The fourth-order valence-electron chi connectivity index (χ4n) is 3.02. The summed E-state index contributed by atoms with van der Waals surface area (Å²) in [6, 6.07) is 7.56. The normalized spacial score (nSPS) is 16.8. The molecule has 0 amide bonds. The van der Waals surface area contributed by atoms with E-state index >= 15 is 0 Å². The summed E-state index contributed by atoms with van der Waals surface area (Å²) in [6.07, 6.45) is -3.15. The van der Waals surface area contributed by atoms with Gasteiger partial charge in [-0.15, -0.1) is 0 Å². The first-order valence-electron chi connectivity index (χ1n) is 8.66. The molecule has 1 aliphatic rings. The number of alkyl halides is 3. The molecule has 0 unspecified atom stereocenters. The minimum Gasteiger partial charge on any atom is -0.355 e. The first-order valence-corrected chi connectivity index (χ1v) is 10.3. The molecule has 0 spiro atoms. The zero-order valence-electron chi connectivity index (χ0n) is 14.9. The molecule has 2 heterocycles. The van der Waals surface area contributed by atoms with E-state index < -0.39 is 27.6 Å². The number of pyridine rings is 1. The Morgan fingerprint density at radius 3 is 2.29 bits per heavy atom. The molecule has 0 bridgehead atoms. The van der Waals surface area contributed by atoms with E-state index in [1.807, 2.05) is 0 Å². The quantitative estimate of drug-likeness (QED) is 0.717. The molecule has 1 aromatic carbocycles. The Balaban J connectivity index is 1.66. The molecule has 0 aliphatic carbocycles. The second-order valence-corrected chi connectivity index (χ2v) is 8.49. The monoisotopic (exact) mass is 417 g/mol. The maximum absolute atomic E-state index is 13.0. The van der Waals surface area contributed by atoms with E-state index in [1.54, 1.807) is 4.90 Å². The van der Waals surface area contributed by atoms with E-state index in [1.165, 1.54) is 34.6 Å². The number of benzene rings is 1. The maximum Gasteiger partial charge on any atom is 0.417 e. The van der Waals surface area contributed by atoms with E-state index in [-0.39, 0.29) is 12.3 Å². The van der Waals surface area contributed by atoms with Crippen molar-refractivity contribution in [2.75, 3.05) is 31.1 Å². The number of halogens is 4. The Morgan fingerprint density at radius 2 is 1.68 bits per heavy atom. The average molecular weight is 417 g/mol. The predicted molar refractivity (Wildman–Crippen MR) is 96.7 cm³/mol. The highest BCUT2D eigenvalue weighted by Crippen LogP contribution is 2.29. The van der Waals surface area contributed by atoms with Crippen molar-refractivity contribution in [3.63, 3.8) is 0 Å². The molecular formula is C18H19F4N3O2S. The van der Waals surface area contributed by atoms with Gasteiger partial charge in [0.15, 0.2) is 0 Å². The topological polar surface area (TPSA) is 53.5 Å². The van der Waals surface area contributed by atoms with Gasteiger partial charge in [0.1, 0.15) is 11.6 Å². The van der Waals surface area contributed by atoms with Crippen molar-refractivity contribution in [2.24, 2.45) is 0 Å². The lowest BCUT2D eigenvalue weighted by atomic mass is 10.2. The zero-order valence-corrected chi connectivity index (χ0v) is 15.7. The van der Waals surface area contributed by atoms with E-state index in [9.17, 15) is 26.0 Å². The molecule has 3 rings (SSSR count). The molecule has 0 radical (unpaired) electrons. The standard InChI is InChI=1S/C18H19F4N3O2S/c19-16-5-2-14(3-6-16)13-28(26,27)25-9-1-8-24(10-11-25)17-7-4-15(12-23-17)18(20,21)22/h2-7,12H,1,8-11,13H2. The summed E-state index contributed by atoms with van der Waals surface area (Å²) in [7, 11) is -3.59. The predicted octanol–water partition coefficient (Wildman–Crippen LogP) is 3.28. The van der Waals surface area contributed by atoms with Crippen LogP contribution in [0, 0.1) is 5.82 Å². The maximum atomic E-state index is 13.0. The molecule has 2 aromatic rings. The first kappa shape index (κ1) is 20.5. The van der Waals surface area contributed by atoms with Gasteiger partial charge in [0, 0.05) is 32.4 Å². The molecule has 5 nitrogen and oxygen atoms in total. The van der Waals surface area contributed by atoms with Crippen LogP contribution in [0.2, 0.25) is 0 Å². The van der Waals surface area contributed by atoms with Crippen LogP contribution in [-0.4, -0.2) is 43.9 Å². The van der Waals surface area contributed by atoms with Gasteiger partial charge in [0.2, 0.25) is 10.0 Å². The number of hydrogen-bond donors (Lipinski definition) is 0. The van der Waals surface area contributed by atoms with Gasteiger partial charge >= 0.3 is 6.18 Å². The molecule has 1 aromatic heterocycles. The number of anilines is 1. The van der Waals surface area contributed by atoms with Crippen molar-refractivity contribution in [1.29, 1.82) is 0 Å². The summed E-state index contributed by atoms with van der Waals surface area (Å²) in [5, 5.41) is 0. The van der Waals surface area contributed by atoms with Gasteiger partial charge in [0.25, 0.3) is 0 Å². The van der Waals surface area contributed by atoms with Crippen LogP contribution in [0.4, 0.5) is 23.4 Å². The van der Waals surface area contributed by atoms with E-state index in [0.29, 0.717) is 37.4 Å². The highest BCUT2D eigenvalue weighted by atomic mass is 32.2. The lowest BCUT2D eigenvalue weighted by Crippen LogP contribution is -2.36. The summed E-state index contributed by atoms with van der Waals surface area (Å²) in [5.74, 6) is -0.285. The molecular weight excluding hydrogens is 398 g/mol. The third-order valence-corrected chi connectivity index (χ3v) is 6.36. The molecule has 28 heavy (non-hydrogen) atoms. The van der Waals surface area contributed by atoms with Crippen molar-refractivity contribution >= 4 is 15.8 Å². The largest absolute Gasteiger partial charge is 0.417 e. The summed E-state index contributed by atoms with van der Waals surface area (Å²) in [6.45, 7) is 1.31. The van der Waals surface area contributed by atoms with Gasteiger partial charge in [-0.05, 0) is 36.2 Å². The fourth-order valence-corrected chi connectivity index (χ4v) is 4.59. The molecule has 152 valence electrons. The highest BCUT2D eigenvalue weighted by molar-refractivity contribution is 7.88. The van der Waals surface area contributed by atoms with E-state index in [2.05, 4.69) is 4.98 Å². The lowest BCUT2D eigenvalue weighted by molar-refractivity contribution is -0.137. The second kappa shape index (κ2) is 8.04. The number of sulfonamides is 1. The Morgan fingerprint density at radius 1 is 0.964 bits per heavy atom. The molecule has 1 fully saturated rings. The lowest BCUT2D eigenvalue weighted by Gasteiger charge is -2.23. The van der Waals surface area contributed by atoms with Gasteiger partial charge in [-0.2, -0.15) is 17.5 Å². The number of hydrogen-bond acceptors (Lipinski definition) is 4. The Kier molecular flexibility index (Phi) is 5.90. The average Bonchev–Trinajstić information content (AvgIpc) is 2.90. The van der Waals surface area contributed by atoms with Crippen LogP contribution in [0.5, 0.6) is 0 Å². The van der Waals surface area contributed by atoms with Gasteiger partial charge < -0.3 is 4.90 Å². The van der Waals surface area contributed by atoms with Crippen LogP contribution >= 0.6 is 0 Å². The third-order valence-electron chi connectivity index (χ3n) is 4.51. The summed E-state index contributed by atoms with van der Waals surface area (Å²) < 4.78 is 77.7. The summed E-state index contributed by atoms with van der Waals surface area (Å²) >= 11 is 0. The number of rotatable bonds is 4. The summed E-state index contributed by atoms with van der Waals surface area (Å²) in [5.41, 5.74) is -0.332. The Hall–Kier alpha value is -2.20. The molecule has 1 aliphatic heterocycles. The Bertz CT molecular complexity index is 900. The van der Waals surface area contributed by atoms with Crippen molar-refractivity contribution in [3.05, 3.63) is 59.5 Å². The van der Waals surface area contributed by atoms with Crippen molar-refractivity contribution in [2.45, 2.75) is 18.3 Å². The van der Waals surface area contributed by atoms with Crippen molar-refractivity contribution < 1.29 is 26.0 Å². The van der Waals surface area contributed by atoms with E-state index in [4.69, 9.17) is 0 Å². The summed E-state index contributed by atoms with van der Waals surface area (Å²) in [4.78, 5) is 5.65. The Labute approximate surface area is 160 Å². The minimum absolute atomic E-state index is 0.201. The minimum atomic E-state index is -4.45. The number of nitrogens with zero attached hydrogens (tertiary/aromatic N) is 3. The van der Waals surface area contributed by atoms with Gasteiger partial charge in [-0.25, -0.2) is 17.8 Å². The zero-order chi connectivity index (χ0) is 20.4. The van der Waals surface area contributed by atoms with E-state index in [0.717, 1.165) is 12.3 Å². The van der Waals surface area contributed by atoms with Crippen LogP contribution in [0.25, 0.3) is 0 Å². The third kappa shape index (κ3) is 4.99. The second-order valence-electron chi connectivity index (χ2n) is 6.53. The van der Waals surface area contributed by atoms with Gasteiger partial charge in [0.05, 0.1) is 11.3 Å². The SMILES string of the molecule is O=S(=O)(Cc1ccc(F)cc1)N1CCCN(c2ccc(C(F)(F)F)cn2)CC1. The van der Waals surface area contributed by atoms with Gasteiger partial charge in [-0.3, -0.25) is 0 Å².